The average Bonchev–Trinajstić information content (AvgIpc) is 2.94. The van der Waals surface area contributed by atoms with E-state index in [1.165, 1.54) is 5.57 Å². The molecule has 5 nitrogen and oxygen atoms in total. The van der Waals surface area contributed by atoms with Gasteiger partial charge in [0.25, 0.3) is 0 Å². The molecule has 2 heterocycles. The van der Waals surface area contributed by atoms with E-state index in [0.717, 1.165) is 58.5 Å². The topological polar surface area (TPSA) is 53.0 Å². The van der Waals surface area contributed by atoms with E-state index in [0.29, 0.717) is 5.92 Å². The number of nitrogens with zero attached hydrogens (tertiary/aromatic N) is 2. The number of aliphatic hydroxyl groups is 1. The second-order valence-corrected chi connectivity index (χ2v) is 9.03. The summed E-state index contributed by atoms with van der Waals surface area (Å²) in [6, 6.07) is 0. The van der Waals surface area contributed by atoms with Crippen LogP contribution < -0.4 is 0 Å². The summed E-state index contributed by atoms with van der Waals surface area (Å²) in [6.45, 7) is 12.6. The number of esters is 1. The van der Waals surface area contributed by atoms with Crippen molar-refractivity contribution in [3.63, 3.8) is 0 Å². The second kappa shape index (κ2) is 6.92. The van der Waals surface area contributed by atoms with Gasteiger partial charge in [-0.15, -0.1) is 0 Å². The molecule has 1 saturated carbocycles. The largest absolute Gasteiger partial charge is 0.461 e. The number of hydrogen-bond donors (Lipinski definition) is 1. The van der Waals surface area contributed by atoms with Crippen molar-refractivity contribution < 1.29 is 14.6 Å². The molecule has 4 rings (SSSR count). The smallest absolute Gasteiger partial charge is 0.311 e. The Morgan fingerprint density at radius 1 is 1.27 bits per heavy atom. The third-order valence-electron chi connectivity index (χ3n) is 7.94. The van der Waals surface area contributed by atoms with Crippen LogP contribution in [0.4, 0.5) is 0 Å². The van der Waals surface area contributed by atoms with Crippen molar-refractivity contribution in [3.8, 4) is 0 Å². The van der Waals surface area contributed by atoms with Crippen molar-refractivity contribution in [1.82, 2.24) is 9.80 Å². The van der Waals surface area contributed by atoms with Crippen LogP contribution in [0.1, 0.15) is 40.0 Å². The van der Waals surface area contributed by atoms with Crippen LogP contribution in [0, 0.1) is 23.2 Å². The van der Waals surface area contributed by atoms with E-state index in [2.05, 4.69) is 36.6 Å². The van der Waals surface area contributed by atoms with E-state index >= 15 is 0 Å². The molecule has 1 N–H and O–H groups in total. The first-order valence-electron chi connectivity index (χ1n) is 10.5. The fourth-order valence-corrected chi connectivity index (χ4v) is 5.84. The van der Waals surface area contributed by atoms with Gasteiger partial charge in [0.05, 0.1) is 12.0 Å². The van der Waals surface area contributed by atoms with Gasteiger partial charge in [-0.05, 0) is 25.3 Å². The van der Waals surface area contributed by atoms with Crippen LogP contribution in [-0.2, 0) is 9.53 Å². The van der Waals surface area contributed by atoms with Gasteiger partial charge in [-0.2, -0.15) is 0 Å². The normalized spacial score (nSPS) is 44.2. The van der Waals surface area contributed by atoms with Crippen LogP contribution in [0.15, 0.2) is 11.6 Å². The molecule has 26 heavy (non-hydrogen) atoms. The van der Waals surface area contributed by atoms with Crippen molar-refractivity contribution in [2.24, 2.45) is 23.2 Å². The molecule has 0 aromatic heterocycles. The van der Waals surface area contributed by atoms with E-state index in [1.54, 1.807) is 0 Å². The molecule has 0 spiro atoms. The molecule has 146 valence electrons. The molecule has 4 aliphatic rings. The van der Waals surface area contributed by atoms with Crippen LogP contribution in [0.25, 0.3) is 0 Å². The number of aliphatic hydroxyl groups excluding tert-OH is 1. The van der Waals surface area contributed by atoms with Crippen LogP contribution >= 0.6 is 0 Å². The number of hydrogen-bond acceptors (Lipinski definition) is 5. The van der Waals surface area contributed by atoms with Gasteiger partial charge in [0, 0.05) is 50.5 Å². The predicted molar refractivity (Wildman–Crippen MR) is 101 cm³/mol. The molecule has 6 atom stereocenters. The number of ether oxygens (including phenoxy) is 1. The minimum atomic E-state index is -0.490. The first kappa shape index (κ1) is 18.5. The molecule has 0 bridgehead atoms. The van der Waals surface area contributed by atoms with Crippen molar-refractivity contribution >= 4 is 5.97 Å². The first-order chi connectivity index (χ1) is 12.4. The molecule has 0 amide bonds. The molecular formula is C21H34N2O3. The van der Waals surface area contributed by atoms with Gasteiger partial charge in [-0.3, -0.25) is 9.69 Å². The number of carbonyl (C=O) groups excluding carboxylic acids is 1. The zero-order valence-corrected chi connectivity index (χ0v) is 16.5. The summed E-state index contributed by atoms with van der Waals surface area (Å²) in [4.78, 5) is 17.5. The predicted octanol–water partition coefficient (Wildman–Crippen LogP) is 1.91. The molecule has 0 radical (unpaired) electrons. The third kappa shape index (κ3) is 2.83. The first-order valence-corrected chi connectivity index (χ1v) is 10.5. The Morgan fingerprint density at radius 3 is 2.65 bits per heavy atom. The summed E-state index contributed by atoms with van der Waals surface area (Å²) in [5.41, 5.74) is 1.11. The molecule has 3 fully saturated rings. The summed E-state index contributed by atoms with van der Waals surface area (Å²) < 4.78 is 5.78. The van der Waals surface area contributed by atoms with E-state index in [-0.39, 0.29) is 29.3 Å². The molecule has 0 aromatic carbocycles. The van der Waals surface area contributed by atoms with Crippen molar-refractivity contribution in [1.29, 1.82) is 0 Å². The summed E-state index contributed by atoms with van der Waals surface area (Å²) in [6.07, 6.45) is 4.68. The average molecular weight is 363 g/mol. The lowest BCUT2D eigenvalue weighted by Crippen LogP contribution is -2.55. The van der Waals surface area contributed by atoms with Crippen molar-refractivity contribution in [3.05, 3.63) is 11.6 Å². The fourth-order valence-electron chi connectivity index (χ4n) is 5.84. The van der Waals surface area contributed by atoms with Crippen LogP contribution in [0.2, 0.25) is 0 Å². The van der Waals surface area contributed by atoms with Crippen molar-refractivity contribution in [2.75, 3.05) is 39.3 Å². The third-order valence-corrected chi connectivity index (χ3v) is 7.94. The minimum absolute atomic E-state index is 0.0607. The highest BCUT2D eigenvalue weighted by Crippen LogP contribution is 2.56. The van der Waals surface area contributed by atoms with Gasteiger partial charge in [0.15, 0.2) is 0 Å². The lowest BCUT2D eigenvalue weighted by Gasteiger charge is -2.52. The molecule has 2 aliphatic carbocycles. The fraction of sp³-hybridized carbons (Fsp3) is 0.857. The Balaban J connectivity index is 1.52. The van der Waals surface area contributed by atoms with Crippen molar-refractivity contribution in [2.45, 2.75) is 52.2 Å². The number of rotatable bonds is 3. The van der Waals surface area contributed by atoms with E-state index < -0.39 is 6.10 Å². The molecule has 5 heteroatoms. The van der Waals surface area contributed by atoms with E-state index in [1.807, 2.05) is 0 Å². The Labute approximate surface area is 157 Å². The number of carbonyl (C=O) groups is 1. The summed E-state index contributed by atoms with van der Waals surface area (Å²) in [5, 5.41) is 11.4. The Bertz CT molecular complexity index is 584. The number of allylic oxidation sites excluding steroid dienone is 1. The standard InChI is InChI=1S/C21H34N2O3/c1-4-22-8-10-23(11-9-22)13-16-18-17(26-20(16)25)12-15-7-5-6-14(2)21(15,3)19(18)24/h7,14,16-19,24H,4-6,8-13H2,1-3H3/t14-,16-,17-,18-,19+,21-/m1/s1. The molecule has 0 aromatic rings. The highest BCUT2D eigenvalue weighted by Gasteiger charge is 2.59. The number of fused-ring (bicyclic) bond motifs is 2. The van der Waals surface area contributed by atoms with E-state index in [9.17, 15) is 9.90 Å². The molecule has 2 saturated heterocycles. The van der Waals surface area contributed by atoms with Crippen LogP contribution in [0.3, 0.4) is 0 Å². The SMILES string of the molecule is CCN1CCN(C[C@H]2C(=O)O[C@@H]3CC4=CCC[C@@H](C)[C@@]4(C)[C@@H](O)[C@@H]32)CC1. The maximum Gasteiger partial charge on any atom is 0.311 e. The summed E-state index contributed by atoms with van der Waals surface area (Å²) in [5.74, 6) is 0.112. The zero-order chi connectivity index (χ0) is 18.5. The second-order valence-electron chi connectivity index (χ2n) is 9.03. The number of likely N-dealkylation sites (N-methyl/N-ethyl adjacent to an activating group) is 1. The zero-order valence-electron chi connectivity index (χ0n) is 16.5. The Hall–Kier alpha value is -0.910. The maximum absolute atomic E-state index is 12.7. The summed E-state index contributed by atoms with van der Waals surface area (Å²) in [7, 11) is 0. The van der Waals surface area contributed by atoms with E-state index in [4.69, 9.17) is 4.74 Å². The lowest BCUT2D eigenvalue weighted by atomic mass is 9.55. The molecule has 2 aliphatic heterocycles. The van der Waals surface area contributed by atoms with Gasteiger partial charge >= 0.3 is 5.97 Å². The van der Waals surface area contributed by atoms with Gasteiger partial charge < -0.3 is 14.7 Å². The highest BCUT2D eigenvalue weighted by atomic mass is 16.6. The van der Waals surface area contributed by atoms with Gasteiger partial charge in [0.2, 0.25) is 0 Å². The Kier molecular flexibility index (Phi) is 4.91. The molecule has 0 unspecified atom stereocenters. The summed E-state index contributed by atoms with van der Waals surface area (Å²) >= 11 is 0. The van der Waals surface area contributed by atoms with Gasteiger partial charge in [-0.1, -0.05) is 32.4 Å². The lowest BCUT2D eigenvalue weighted by molar-refractivity contribution is -0.145. The maximum atomic E-state index is 12.7. The number of piperazine rings is 1. The van der Waals surface area contributed by atoms with Crippen LogP contribution in [0.5, 0.6) is 0 Å². The Morgan fingerprint density at radius 2 is 1.96 bits per heavy atom. The minimum Gasteiger partial charge on any atom is -0.461 e. The highest BCUT2D eigenvalue weighted by molar-refractivity contribution is 5.76. The molecular weight excluding hydrogens is 328 g/mol. The van der Waals surface area contributed by atoms with Gasteiger partial charge in [0.1, 0.15) is 6.10 Å². The monoisotopic (exact) mass is 362 g/mol. The van der Waals surface area contributed by atoms with Crippen LogP contribution in [-0.4, -0.2) is 72.4 Å². The quantitative estimate of drug-likeness (QED) is 0.614. The van der Waals surface area contributed by atoms with Gasteiger partial charge in [-0.25, -0.2) is 0 Å².